The van der Waals surface area contributed by atoms with Crippen molar-refractivity contribution in [2.24, 2.45) is 11.8 Å². The van der Waals surface area contributed by atoms with E-state index in [0.717, 1.165) is 50.8 Å². The van der Waals surface area contributed by atoms with Crippen LogP contribution < -0.4 is 4.72 Å². The third-order valence-electron chi connectivity index (χ3n) is 6.44. The lowest BCUT2D eigenvalue weighted by Gasteiger charge is -2.27. The van der Waals surface area contributed by atoms with E-state index in [4.69, 9.17) is 0 Å². The largest absolute Gasteiger partial charge is 0.390 e. The van der Waals surface area contributed by atoms with Crippen molar-refractivity contribution in [1.29, 1.82) is 0 Å². The Morgan fingerprint density at radius 1 is 1.16 bits per heavy atom. The van der Waals surface area contributed by atoms with Gasteiger partial charge in [-0.3, -0.25) is 9.71 Å². The lowest BCUT2D eigenvalue weighted by atomic mass is 9.91. The van der Waals surface area contributed by atoms with Gasteiger partial charge in [0.05, 0.1) is 23.7 Å². The molecule has 0 radical (unpaired) electrons. The Kier molecular flexibility index (Phi) is 7.60. The molecule has 2 heterocycles. The molecule has 0 amide bonds. The van der Waals surface area contributed by atoms with Crippen molar-refractivity contribution in [2.45, 2.75) is 37.7 Å². The zero-order valence-corrected chi connectivity index (χ0v) is 19.6. The molecule has 0 spiro atoms. The number of aliphatic hydroxyl groups is 1. The summed E-state index contributed by atoms with van der Waals surface area (Å²) in [5.74, 6) is 1.37. The van der Waals surface area contributed by atoms with E-state index in [2.05, 4.69) is 46.5 Å². The number of terminal acetylenes is 1. The normalized spacial score (nSPS) is 26.0. The van der Waals surface area contributed by atoms with Crippen LogP contribution in [0.3, 0.4) is 0 Å². The topological polar surface area (TPSA) is 82.5 Å². The number of nitrogens with one attached hydrogen (secondary N) is 1. The summed E-state index contributed by atoms with van der Waals surface area (Å²) in [6, 6.07) is 14.0. The van der Waals surface area contributed by atoms with E-state index in [1.54, 1.807) is 12.3 Å². The Bertz CT molecular complexity index is 992. The lowest BCUT2D eigenvalue weighted by molar-refractivity contribution is 0.0353. The van der Waals surface area contributed by atoms with Crippen LogP contribution in [-0.2, 0) is 16.4 Å². The van der Waals surface area contributed by atoms with E-state index in [-0.39, 0.29) is 5.92 Å². The van der Waals surface area contributed by atoms with Crippen molar-refractivity contribution in [1.82, 2.24) is 9.88 Å². The first kappa shape index (κ1) is 24.2. The molecule has 2 fully saturated rings. The molecule has 172 valence electrons. The highest BCUT2D eigenvalue weighted by Gasteiger charge is 2.48. The number of sulfonamides is 1. The highest BCUT2D eigenvalue weighted by molar-refractivity contribution is 7.92. The van der Waals surface area contributed by atoms with E-state index in [0.29, 0.717) is 17.5 Å². The summed E-state index contributed by atoms with van der Waals surface area (Å²) >= 11 is 0. The molecule has 1 aromatic carbocycles. The standard InChI is InChI=1S/C23H31N3O3S.C2H2/c1-17(22-9-8-21(13-24-22)25-30(2,28)29)14-26-15-19-11-23(27,12-20(19)16-26)10-18-6-4-3-5-7-18;1-2/h3-9,13,17,19-20,25,27H,10-12,14-16H2,1-2H3;1-2H/t17?,19-,20?,23?;/m1./s1. The highest BCUT2D eigenvalue weighted by Crippen LogP contribution is 2.45. The SMILES string of the molecule is C#C.CC(CN1CC2CC(O)(Cc3ccccc3)C[C@@H]2C1)c1ccc(NS(C)(=O)=O)cn1. The molecule has 2 aromatic rings. The molecule has 1 saturated heterocycles. The monoisotopic (exact) mass is 455 g/mol. The number of hydrogen-bond acceptors (Lipinski definition) is 5. The third-order valence-corrected chi connectivity index (χ3v) is 7.05. The van der Waals surface area contributed by atoms with E-state index in [1.165, 1.54) is 5.56 Å². The quantitative estimate of drug-likeness (QED) is 0.627. The van der Waals surface area contributed by atoms with Gasteiger partial charge in [-0.05, 0) is 42.4 Å². The number of hydrogen-bond donors (Lipinski definition) is 2. The van der Waals surface area contributed by atoms with Crippen LogP contribution >= 0.6 is 0 Å². The van der Waals surface area contributed by atoms with Crippen LogP contribution in [0.2, 0.25) is 0 Å². The van der Waals surface area contributed by atoms with Gasteiger partial charge in [0.25, 0.3) is 0 Å². The van der Waals surface area contributed by atoms with Crippen LogP contribution in [0.4, 0.5) is 5.69 Å². The fourth-order valence-corrected chi connectivity index (χ4v) is 5.83. The number of rotatable bonds is 7. The molecule has 2 N–H and O–H groups in total. The number of fused-ring (bicyclic) bond motifs is 1. The number of pyridine rings is 1. The predicted molar refractivity (Wildman–Crippen MR) is 129 cm³/mol. The fraction of sp³-hybridized carbons (Fsp3) is 0.480. The smallest absolute Gasteiger partial charge is 0.229 e. The van der Waals surface area contributed by atoms with Crippen LogP contribution in [-0.4, -0.2) is 54.9 Å². The van der Waals surface area contributed by atoms with Gasteiger partial charge in [-0.2, -0.15) is 0 Å². The Balaban J connectivity index is 0.00000141. The zero-order chi connectivity index (χ0) is 23.4. The maximum absolute atomic E-state index is 11.3. The second-order valence-corrected chi connectivity index (χ2v) is 11.0. The molecule has 3 unspecified atom stereocenters. The van der Waals surface area contributed by atoms with Gasteiger partial charge in [0.2, 0.25) is 10.0 Å². The molecular weight excluding hydrogens is 422 g/mol. The van der Waals surface area contributed by atoms with Crippen molar-refractivity contribution in [2.75, 3.05) is 30.6 Å². The molecule has 1 aliphatic heterocycles. The number of nitrogens with zero attached hydrogens (tertiary/aromatic N) is 2. The Labute approximate surface area is 192 Å². The average Bonchev–Trinajstić information content (AvgIpc) is 3.23. The maximum Gasteiger partial charge on any atom is 0.229 e. The lowest BCUT2D eigenvalue weighted by Crippen LogP contribution is -2.33. The summed E-state index contributed by atoms with van der Waals surface area (Å²) in [6.45, 7) is 5.14. The molecule has 32 heavy (non-hydrogen) atoms. The maximum atomic E-state index is 11.3. The molecule has 1 aromatic heterocycles. The fourth-order valence-electron chi connectivity index (χ4n) is 5.28. The van der Waals surface area contributed by atoms with Crippen molar-refractivity contribution >= 4 is 15.7 Å². The average molecular weight is 456 g/mol. The van der Waals surface area contributed by atoms with Crippen LogP contribution in [0.5, 0.6) is 0 Å². The van der Waals surface area contributed by atoms with Crippen molar-refractivity contribution in [3.8, 4) is 12.8 Å². The number of aromatic nitrogens is 1. The summed E-state index contributed by atoms with van der Waals surface area (Å²) in [5, 5.41) is 11.1. The van der Waals surface area contributed by atoms with Gasteiger partial charge in [0.15, 0.2) is 0 Å². The van der Waals surface area contributed by atoms with E-state index in [9.17, 15) is 13.5 Å². The minimum atomic E-state index is -3.29. The minimum absolute atomic E-state index is 0.263. The summed E-state index contributed by atoms with van der Waals surface area (Å²) in [6.07, 6.45) is 13.2. The van der Waals surface area contributed by atoms with Gasteiger partial charge in [0.1, 0.15) is 0 Å². The molecule has 6 nitrogen and oxygen atoms in total. The Morgan fingerprint density at radius 2 is 1.78 bits per heavy atom. The number of benzene rings is 1. The zero-order valence-electron chi connectivity index (χ0n) is 18.8. The molecule has 1 aliphatic carbocycles. The van der Waals surface area contributed by atoms with Gasteiger partial charge in [-0.1, -0.05) is 37.3 Å². The Morgan fingerprint density at radius 3 is 2.31 bits per heavy atom. The van der Waals surface area contributed by atoms with Gasteiger partial charge in [0, 0.05) is 37.7 Å². The first-order chi connectivity index (χ1) is 15.2. The van der Waals surface area contributed by atoms with Gasteiger partial charge >= 0.3 is 0 Å². The molecular formula is C25H33N3O3S. The molecule has 2 aliphatic rings. The Hall–Kier alpha value is -2.40. The van der Waals surface area contributed by atoms with Crippen molar-refractivity contribution in [3.05, 3.63) is 59.9 Å². The predicted octanol–water partition coefficient (Wildman–Crippen LogP) is 3.12. The minimum Gasteiger partial charge on any atom is -0.390 e. The second kappa shape index (κ2) is 10.0. The van der Waals surface area contributed by atoms with Crippen molar-refractivity contribution in [3.63, 3.8) is 0 Å². The van der Waals surface area contributed by atoms with Crippen LogP contribution in [0.25, 0.3) is 0 Å². The van der Waals surface area contributed by atoms with E-state index in [1.807, 2.05) is 24.3 Å². The molecule has 7 heteroatoms. The van der Waals surface area contributed by atoms with Crippen LogP contribution in [0.15, 0.2) is 48.7 Å². The molecule has 4 atom stereocenters. The first-order valence-corrected chi connectivity index (χ1v) is 12.8. The van der Waals surface area contributed by atoms with Gasteiger partial charge < -0.3 is 10.0 Å². The molecule has 4 rings (SSSR count). The number of likely N-dealkylation sites (tertiary alicyclic amines) is 1. The summed E-state index contributed by atoms with van der Waals surface area (Å²) in [5.41, 5.74) is 2.09. The summed E-state index contributed by atoms with van der Waals surface area (Å²) in [4.78, 5) is 6.95. The van der Waals surface area contributed by atoms with Crippen LogP contribution in [0, 0.1) is 24.7 Å². The second-order valence-electron chi connectivity index (χ2n) is 9.28. The van der Waals surface area contributed by atoms with Gasteiger partial charge in [-0.25, -0.2) is 8.42 Å². The first-order valence-electron chi connectivity index (χ1n) is 10.9. The number of anilines is 1. The van der Waals surface area contributed by atoms with Crippen LogP contribution in [0.1, 0.15) is 36.9 Å². The molecule has 1 saturated carbocycles. The van der Waals surface area contributed by atoms with E-state index >= 15 is 0 Å². The highest BCUT2D eigenvalue weighted by atomic mass is 32.2. The van der Waals surface area contributed by atoms with Crippen molar-refractivity contribution < 1.29 is 13.5 Å². The molecule has 0 bridgehead atoms. The summed E-state index contributed by atoms with van der Waals surface area (Å²) in [7, 11) is -3.29. The third kappa shape index (κ3) is 6.32. The summed E-state index contributed by atoms with van der Waals surface area (Å²) < 4.78 is 25.1. The van der Waals surface area contributed by atoms with E-state index < -0.39 is 15.6 Å². The van der Waals surface area contributed by atoms with Gasteiger partial charge in [-0.15, -0.1) is 12.8 Å².